The smallest absolute Gasteiger partial charge is 0.338 e. The molecule has 1 saturated heterocycles. The van der Waals surface area contributed by atoms with E-state index in [0.717, 1.165) is 37.1 Å². The number of carbonyl (C=O) groups excluding carboxylic acids is 2. The lowest BCUT2D eigenvalue weighted by molar-refractivity contribution is -0.139. The van der Waals surface area contributed by atoms with E-state index in [4.69, 9.17) is 23.9 Å². The highest BCUT2D eigenvalue weighted by atomic mass is 32.1. The molecule has 234 valence electrons. The highest BCUT2D eigenvalue weighted by Gasteiger charge is 2.36. The molecule has 0 N–H and O–H groups in total. The molecule has 0 unspecified atom stereocenters. The number of likely N-dealkylation sites (tertiary alicyclic amines) is 1. The summed E-state index contributed by atoms with van der Waals surface area (Å²) in [6.07, 6.45) is 3.84. The average Bonchev–Trinajstić information content (AvgIpc) is 3.85. The summed E-state index contributed by atoms with van der Waals surface area (Å²) in [5, 5.41) is 0. The van der Waals surface area contributed by atoms with Crippen molar-refractivity contribution in [2.24, 2.45) is 4.99 Å². The third kappa shape index (κ3) is 5.69. The Hall–Kier alpha value is -5.16. The summed E-state index contributed by atoms with van der Waals surface area (Å²) in [5.74, 6) is 1.12. The minimum absolute atomic E-state index is 0.00957. The zero-order valence-corrected chi connectivity index (χ0v) is 26.0. The first-order valence-electron chi connectivity index (χ1n) is 15.2. The van der Waals surface area contributed by atoms with E-state index in [1.807, 2.05) is 53.4 Å². The topological polar surface area (TPSA) is 109 Å². The number of benzene rings is 3. The van der Waals surface area contributed by atoms with Crippen molar-refractivity contribution in [3.05, 3.63) is 115 Å². The zero-order valence-electron chi connectivity index (χ0n) is 25.1. The van der Waals surface area contributed by atoms with Gasteiger partial charge in [-0.1, -0.05) is 59.9 Å². The molecule has 3 aliphatic rings. The molecule has 0 saturated carbocycles. The number of fused-ring (bicyclic) bond motifs is 2. The van der Waals surface area contributed by atoms with E-state index in [2.05, 4.69) is 0 Å². The summed E-state index contributed by atoms with van der Waals surface area (Å²) in [5.41, 5.74) is 2.57. The van der Waals surface area contributed by atoms with Crippen molar-refractivity contribution in [3.63, 3.8) is 0 Å². The second-order valence-electron chi connectivity index (χ2n) is 11.0. The number of nitrogens with zero attached hydrogens (tertiary/aromatic N) is 3. The second-order valence-corrected chi connectivity index (χ2v) is 12.0. The Morgan fingerprint density at radius 2 is 1.76 bits per heavy atom. The van der Waals surface area contributed by atoms with Gasteiger partial charge in [0.25, 0.3) is 11.5 Å². The summed E-state index contributed by atoms with van der Waals surface area (Å²) < 4.78 is 24.4. The fourth-order valence-corrected chi connectivity index (χ4v) is 6.85. The van der Waals surface area contributed by atoms with Crippen molar-refractivity contribution in [2.75, 3.05) is 33.1 Å². The minimum atomic E-state index is -0.828. The Morgan fingerprint density at radius 1 is 1.00 bits per heavy atom. The van der Waals surface area contributed by atoms with Crippen LogP contribution >= 0.6 is 11.3 Å². The molecule has 3 aliphatic heterocycles. The van der Waals surface area contributed by atoms with Gasteiger partial charge in [-0.2, -0.15) is 0 Å². The number of esters is 1. The van der Waals surface area contributed by atoms with E-state index >= 15 is 0 Å². The van der Waals surface area contributed by atoms with Gasteiger partial charge in [0.05, 0.1) is 28.5 Å². The lowest BCUT2D eigenvalue weighted by Crippen LogP contribution is -2.40. The van der Waals surface area contributed by atoms with Gasteiger partial charge < -0.3 is 23.8 Å². The molecule has 3 aromatic carbocycles. The maximum Gasteiger partial charge on any atom is 0.338 e. The van der Waals surface area contributed by atoms with Crippen LogP contribution < -0.4 is 29.1 Å². The van der Waals surface area contributed by atoms with Crippen molar-refractivity contribution in [3.8, 4) is 17.2 Å². The van der Waals surface area contributed by atoms with Crippen LogP contribution in [0.5, 0.6) is 17.2 Å². The van der Waals surface area contributed by atoms with E-state index < -0.39 is 12.0 Å². The zero-order chi connectivity index (χ0) is 31.6. The summed E-state index contributed by atoms with van der Waals surface area (Å²) in [6.45, 7) is 3.55. The average molecular weight is 638 g/mol. The van der Waals surface area contributed by atoms with Crippen molar-refractivity contribution in [2.45, 2.75) is 25.8 Å². The van der Waals surface area contributed by atoms with Gasteiger partial charge in [-0.3, -0.25) is 14.2 Å². The Balaban J connectivity index is 1.30. The molecule has 0 aliphatic carbocycles. The Bertz CT molecular complexity index is 2010. The summed E-state index contributed by atoms with van der Waals surface area (Å²) in [6, 6.07) is 21.2. The number of thiazole rings is 1. The minimum Gasteiger partial charge on any atom is -0.484 e. The summed E-state index contributed by atoms with van der Waals surface area (Å²) in [7, 11) is 0. The van der Waals surface area contributed by atoms with E-state index in [0.29, 0.717) is 37.8 Å². The van der Waals surface area contributed by atoms with Crippen molar-refractivity contribution in [1.29, 1.82) is 0 Å². The monoisotopic (exact) mass is 637 g/mol. The second kappa shape index (κ2) is 12.7. The third-order valence-electron chi connectivity index (χ3n) is 8.08. The van der Waals surface area contributed by atoms with E-state index in [9.17, 15) is 14.4 Å². The predicted octanol–water partition coefficient (Wildman–Crippen LogP) is 3.67. The van der Waals surface area contributed by atoms with Crippen LogP contribution in [-0.2, 0) is 14.3 Å². The fourth-order valence-electron chi connectivity index (χ4n) is 5.85. The van der Waals surface area contributed by atoms with Gasteiger partial charge in [0.2, 0.25) is 6.79 Å². The van der Waals surface area contributed by atoms with Crippen LogP contribution in [0.3, 0.4) is 0 Å². The Morgan fingerprint density at radius 3 is 2.52 bits per heavy atom. The highest BCUT2D eigenvalue weighted by molar-refractivity contribution is 7.07. The van der Waals surface area contributed by atoms with Crippen LogP contribution in [0.15, 0.2) is 88.2 Å². The number of hydrogen-bond donors (Lipinski definition) is 0. The normalized spacial score (nSPS) is 17.1. The number of rotatable bonds is 8. The molecule has 10 nitrogen and oxygen atoms in total. The first kappa shape index (κ1) is 29.5. The van der Waals surface area contributed by atoms with Crippen molar-refractivity contribution < 1.29 is 28.5 Å². The molecule has 1 aromatic heterocycles. The van der Waals surface area contributed by atoms with Gasteiger partial charge in [0.15, 0.2) is 22.9 Å². The Labute approximate surface area is 268 Å². The van der Waals surface area contributed by atoms with Crippen LogP contribution in [0.1, 0.15) is 42.5 Å². The molecule has 1 fully saturated rings. The lowest BCUT2D eigenvalue weighted by atomic mass is 9.93. The number of hydrogen-bond acceptors (Lipinski definition) is 9. The van der Waals surface area contributed by atoms with Crippen molar-refractivity contribution in [1.82, 2.24) is 9.47 Å². The maximum atomic E-state index is 14.2. The summed E-state index contributed by atoms with van der Waals surface area (Å²) in [4.78, 5) is 47.4. The largest absolute Gasteiger partial charge is 0.484 e. The molecular weight excluding hydrogens is 606 g/mol. The van der Waals surface area contributed by atoms with Crippen LogP contribution in [-0.4, -0.2) is 54.4 Å². The van der Waals surface area contributed by atoms with Gasteiger partial charge in [-0.25, -0.2) is 9.79 Å². The molecule has 0 bridgehead atoms. The molecule has 11 heteroatoms. The van der Waals surface area contributed by atoms with Crippen LogP contribution in [0.25, 0.3) is 11.8 Å². The molecule has 7 rings (SSSR count). The van der Waals surface area contributed by atoms with E-state index in [-0.39, 0.29) is 37.0 Å². The van der Waals surface area contributed by atoms with E-state index in [1.54, 1.807) is 41.8 Å². The molecule has 1 atom stereocenters. The predicted molar refractivity (Wildman–Crippen MR) is 171 cm³/mol. The van der Waals surface area contributed by atoms with Gasteiger partial charge >= 0.3 is 5.97 Å². The molecule has 46 heavy (non-hydrogen) atoms. The SMILES string of the molecule is CCOC(=O)C1=C(c2ccccc2)N=c2s/c(=C/c3ccc(OCC(=O)N4CCCC4)cc3)c(=O)n2[C@H]1c1ccc2c(c1)OCO2. The van der Waals surface area contributed by atoms with Gasteiger partial charge in [-0.15, -0.1) is 0 Å². The molecule has 1 amide bonds. The molecule has 0 radical (unpaired) electrons. The molecule has 4 aromatic rings. The standard InChI is InChI=1S/C35H31N3O7S/c1-2-42-34(41)30-31(23-8-4-3-5-9-23)36-35-38(32(30)24-12-15-26-27(19-24)45-21-44-26)33(40)28(46-35)18-22-10-13-25(14-11-22)43-20-29(39)37-16-6-7-17-37/h3-5,8-15,18-19,32H,2,6-7,16-17,20-21H2,1H3/b28-18+/t32-/m0/s1. The van der Waals surface area contributed by atoms with Crippen LogP contribution in [0, 0.1) is 0 Å². The number of aromatic nitrogens is 1. The van der Waals surface area contributed by atoms with Crippen LogP contribution in [0.2, 0.25) is 0 Å². The lowest BCUT2D eigenvalue weighted by Gasteiger charge is -2.26. The fraction of sp³-hybridized carbons (Fsp3) is 0.257. The third-order valence-corrected chi connectivity index (χ3v) is 9.07. The Kier molecular flexibility index (Phi) is 8.15. The van der Waals surface area contributed by atoms with Gasteiger partial charge in [0, 0.05) is 18.7 Å². The van der Waals surface area contributed by atoms with Crippen LogP contribution in [0.4, 0.5) is 0 Å². The van der Waals surface area contributed by atoms with Gasteiger partial charge in [0.1, 0.15) is 5.75 Å². The first-order valence-corrected chi connectivity index (χ1v) is 16.0. The molecular formula is C35H31N3O7S. The van der Waals surface area contributed by atoms with Crippen molar-refractivity contribution >= 4 is 35.0 Å². The number of carbonyl (C=O) groups is 2. The number of amides is 1. The highest BCUT2D eigenvalue weighted by Crippen LogP contribution is 2.40. The number of ether oxygens (including phenoxy) is 4. The first-order chi connectivity index (χ1) is 22.5. The quantitative estimate of drug-likeness (QED) is 0.272. The van der Waals surface area contributed by atoms with Gasteiger partial charge in [-0.05, 0) is 61.2 Å². The maximum absolute atomic E-state index is 14.2. The molecule has 4 heterocycles. The van der Waals surface area contributed by atoms with E-state index in [1.165, 1.54) is 11.3 Å². The summed E-state index contributed by atoms with van der Waals surface area (Å²) >= 11 is 1.24. The molecule has 0 spiro atoms.